The van der Waals surface area contributed by atoms with Crippen LogP contribution in [-0.2, 0) is 6.54 Å². The molecule has 2 aromatic heterocycles. The third-order valence-corrected chi connectivity index (χ3v) is 6.02. The van der Waals surface area contributed by atoms with Crippen LogP contribution < -0.4 is 5.32 Å². The number of fused-ring (bicyclic) bond motifs is 6. The Labute approximate surface area is 143 Å². The molecule has 1 N–H and O–H groups in total. The van der Waals surface area contributed by atoms with Gasteiger partial charge in [0.2, 0.25) is 5.28 Å². The number of halogens is 1. The second kappa shape index (κ2) is 5.05. The Hall–Kier alpha value is -1.91. The van der Waals surface area contributed by atoms with Crippen LogP contribution >= 0.6 is 22.9 Å². The van der Waals surface area contributed by atoms with E-state index in [-0.39, 0.29) is 0 Å². The van der Waals surface area contributed by atoms with Crippen molar-refractivity contribution in [3.8, 4) is 0 Å². The first-order valence-electron chi connectivity index (χ1n) is 7.79. The fourth-order valence-corrected chi connectivity index (χ4v) is 5.18. The van der Waals surface area contributed by atoms with E-state index in [0.29, 0.717) is 11.2 Å². The van der Waals surface area contributed by atoms with Gasteiger partial charge in [-0.25, -0.2) is 9.97 Å². The largest absolute Gasteiger partial charge is 0.365 e. The van der Waals surface area contributed by atoms with Crippen molar-refractivity contribution in [2.24, 2.45) is 0 Å². The lowest BCUT2D eigenvalue weighted by Gasteiger charge is -2.26. The molecule has 0 saturated heterocycles. The molecule has 1 atom stereocenters. The van der Waals surface area contributed by atoms with Crippen molar-refractivity contribution < 1.29 is 0 Å². The number of allylic oxidation sites excluding steroid dienone is 2. The summed E-state index contributed by atoms with van der Waals surface area (Å²) in [6, 6.07) is 10.3. The highest BCUT2D eigenvalue weighted by Crippen LogP contribution is 2.59. The Balaban J connectivity index is 1.59. The van der Waals surface area contributed by atoms with E-state index in [1.54, 1.807) is 11.3 Å². The lowest BCUT2D eigenvalue weighted by atomic mass is 9.80. The van der Waals surface area contributed by atoms with Crippen LogP contribution in [-0.4, -0.2) is 9.97 Å². The van der Waals surface area contributed by atoms with E-state index in [4.69, 9.17) is 11.6 Å². The van der Waals surface area contributed by atoms with Crippen LogP contribution in [0.4, 0.5) is 5.82 Å². The molecule has 0 fully saturated rings. The summed E-state index contributed by atoms with van der Waals surface area (Å²) in [6.07, 6.45) is 4.79. The molecule has 23 heavy (non-hydrogen) atoms. The van der Waals surface area contributed by atoms with Gasteiger partial charge in [0.1, 0.15) is 10.6 Å². The van der Waals surface area contributed by atoms with Crippen molar-refractivity contribution in [3.05, 3.63) is 57.7 Å². The maximum absolute atomic E-state index is 6.14. The summed E-state index contributed by atoms with van der Waals surface area (Å²) >= 11 is 7.91. The molecule has 114 valence electrons. The lowest BCUT2D eigenvalue weighted by Crippen LogP contribution is -2.10. The molecule has 0 bridgehead atoms. The number of aromatic nitrogens is 2. The van der Waals surface area contributed by atoms with Gasteiger partial charge in [-0.1, -0.05) is 36.4 Å². The molecule has 3 aromatic rings. The molecule has 5 heteroatoms. The van der Waals surface area contributed by atoms with Crippen LogP contribution in [0.2, 0.25) is 5.28 Å². The molecule has 0 saturated carbocycles. The molecule has 2 aliphatic rings. The number of nitrogens with one attached hydrogen (secondary N) is 1. The van der Waals surface area contributed by atoms with Gasteiger partial charge < -0.3 is 5.32 Å². The average molecular weight is 340 g/mol. The Bertz CT molecular complexity index is 946. The normalized spacial score (nSPS) is 18.3. The number of rotatable bonds is 3. The van der Waals surface area contributed by atoms with Crippen LogP contribution in [0.15, 0.2) is 36.4 Å². The van der Waals surface area contributed by atoms with Crippen molar-refractivity contribution in [2.75, 3.05) is 5.32 Å². The Morgan fingerprint density at radius 3 is 2.96 bits per heavy atom. The highest BCUT2D eigenvalue weighted by molar-refractivity contribution is 7.19. The molecule has 5 rings (SSSR count). The summed E-state index contributed by atoms with van der Waals surface area (Å²) in [7, 11) is 0. The van der Waals surface area contributed by atoms with Gasteiger partial charge in [-0.3, -0.25) is 0 Å². The number of nitrogens with zero attached hydrogens (tertiary/aromatic N) is 2. The minimum atomic E-state index is 0.313. The maximum atomic E-state index is 6.14. The highest BCUT2D eigenvalue weighted by Gasteiger charge is 2.39. The van der Waals surface area contributed by atoms with E-state index in [0.717, 1.165) is 22.6 Å². The Morgan fingerprint density at radius 2 is 2.09 bits per heavy atom. The number of hydrogen-bond donors (Lipinski definition) is 1. The molecule has 0 radical (unpaired) electrons. The standard InChI is InChI=1S/C18H14ClN3S/c19-18-21-16(20-9-10-5-2-1-3-6-10)14-13-11-7-4-8-12(11)15(13)23-17(14)22-18/h1-3,5-7,12H,4,8-9H2,(H,20,21,22). The van der Waals surface area contributed by atoms with Crippen LogP contribution in [0.3, 0.4) is 0 Å². The first-order chi connectivity index (χ1) is 11.3. The van der Waals surface area contributed by atoms with E-state index >= 15 is 0 Å². The van der Waals surface area contributed by atoms with Crippen molar-refractivity contribution >= 4 is 44.5 Å². The summed E-state index contributed by atoms with van der Waals surface area (Å²) < 4.78 is 0. The molecular formula is C18H14ClN3S. The summed E-state index contributed by atoms with van der Waals surface area (Å²) in [6.45, 7) is 0.733. The average Bonchev–Trinajstić information content (AvgIpc) is 3.10. The molecule has 1 unspecified atom stereocenters. The quantitative estimate of drug-likeness (QED) is 0.664. The predicted molar refractivity (Wildman–Crippen MR) is 96.1 cm³/mol. The van der Waals surface area contributed by atoms with Crippen LogP contribution in [0.1, 0.15) is 34.8 Å². The first kappa shape index (κ1) is 13.5. The fourth-order valence-electron chi connectivity index (χ4n) is 3.61. The SMILES string of the molecule is Clc1nc(NCc2ccccc2)c2c3c(sc2n1)C1CCC=C31. The summed E-state index contributed by atoms with van der Waals surface area (Å²) in [5, 5.41) is 4.92. The van der Waals surface area contributed by atoms with E-state index < -0.39 is 0 Å². The van der Waals surface area contributed by atoms with Gasteiger partial charge in [0, 0.05) is 22.9 Å². The van der Waals surface area contributed by atoms with Crippen LogP contribution in [0.25, 0.3) is 15.8 Å². The van der Waals surface area contributed by atoms with E-state index in [9.17, 15) is 0 Å². The Morgan fingerprint density at radius 1 is 1.22 bits per heavy atom. The Kier molecular flexibility index (Phi) is 2.97. The molecule has 0 spiro atoms. The topological polar surface area (TPSA) is 37.8 Å². The fraction of sp³-hybridized carbons (Fsp3) is 0.222. The number of benzene rings is 1. The smallest absolute Gasteiger partial charge is 0.225 e. The lowest BCUT2D eigenvalue weighted by molar-refractivity contribution is 0.797. The molecule has 2 aliphatic carbocycles. The van der Waals surface area contributed by atoms with Gasteiger partial charge in [0.05, 0.1) is 5.39 Å². The number of hydrogen-bond acceptors (Lipinski definition) is 4. The zero-order valence-electron chi connectivity index (χ0n) is 12.3. The minimum absolute atomic E-state index is 0.313. The summed E-state index contributed by atoms with van der Waals surface area (Å²) in [5.74, 6) is 1.48. The zero-order chi connectivity index (χ0) is 15.4. The molecule has 2 heterocycles. The molecular weight excluding hydrogens is 326 g/mol. The van der Waals surface area contributed by atoms with Gasteiger partial charge in [-0.15, -0.1) is 11.3 Å². The summed E-state index contributed by atoms with van der Waals surface area (Å²) in [5.41, 5.74) is 4.07. The second-order valence-corrected chi connectivity index (χ2v) is 7.36. The van der Waals surface area contributed by atoms with Crippen molar-refractivity contribution in [1.82, 2.24) is 9.97 Å². The van der Waals surface area contributed by atoms with Crippen LogP contribution in [0.5, 0.6) is 0 Å². The van der Waals surface area contributed by atoms with Gasteiger partial charge in [0.25, 0.3) is 0 Å². The van der Waals surface area contributed by atoms with Gasteiger partial charge in [0.15, 0.2) is 0 Å². The summed E-state index contributed by atoms with van der Waals surface area (Å²) in [4.78, 5) is 11.4. The van der Waals surface area contributed by atoms with Crippen molar-refractivity contribution in [3.63, 3.8) is 0 Å². The third-order valence-electron chi connectivity index (χ3n) is 4.65. The van der Waals surface area contributed by atoms with Gasteiger partial charge in [-0.2, -0.15) is 0 Å². The predicted octanol–water partition coefficient (Wildman–Crippen LogP) is 5.23. The zero-order valence-corrected chi connectivity index (χ0v) is 13.9. The van der Waals surface area contributed by atoms with Crippen molar-refractivity contribution in [1.29, 1.82) is 0 Å². The third kappa shape index (κ3) is 2.02. The van der Waals surface area contributed by atoms with Gasteiger partial charge >= 0.3 is 0 Å². The van der Waals surface area contributed by atoms with Crippen LogP contribution in [0, 0.1) is 0 Å². The van der Waals surface area contributed by atoms with E-state index in [1.165, 1.54) is 34.4 Å². The number of thiophene rings is 1. The highest BCUT2D eigenvalue weighted by atomic mass is 35.5. The van der Waals surface area contributed by atoms with E-state index in [1.807, 2.05) is 18.2 Å². The molecule has 0 amide bonds. The van der Waals surface area contributed by atoms with Gasteiger partial charge in [-0.05, 0) is 35.6 Å². The van der Waals surface area contributed by atoms with E-state index in [2.05, 4.69) is 33.5 Å². The minimum Gasteiger partial charge on any atom is -0.365 e. The molecule has 1 aromatic carbocycles. The monoisotopic (exact) mass is 339 g/mol. The molecule has 0 aliphatic heterocycles. The first-order valence-corrected chi connectivity index (χ1v) is 8.99. The molecule has 3 nitrogen and oxygen atoms in total. The van der Waals surface area contributed by atoms with Crippen molar-refractivity contribution in [2.45, 2.75) is 25.3 Å². The number of anilines is 1. The maximum Gasteiger partial charge on any atom is 0.225 e. The second-order valence-electron chi connectivity index (χ2n) is 5.99.